The predicted molar refractivity (Wildman–Crippen MR) is 163 cm³/mol. The smallest absolute Gasteiger partial charge is 0.0253 e. The molecule has 0 atom stereocenters. The van der Waals surface area contributed by atoms with Crippen LogP contribution in [0.3, 0.4) is 0 Å². The first-order chi connectivity index (χ1) is 18.3. The van der Waals surface area contributed by atoms with Crippen LogP contribution >= 0.6 is 15.9 Å². The molecule has 0 aliphatic heterocycles. The summed E-state index contributed by atoms with van der Waals surface area (Å²) in [6, 6.07) is 50.4. The maximum Gasteiger partial charge on any atom is 0.0253 e. The minimum Gasteiger partial charge on any atom is -0.0616 e. The Morgan fingerprint density at radius 1 is 0.297 bits per heavy atom. The molecule has 0 saturated carbocycles. The quantitative estimate of drug-likeness (QED) is 0.198. The van der Waals surface area contributed by atoms with Gasteiger partial charge in [0.25, 0.3) is 0 Å². The second kappa shape index (κ2) is 9.03. The number of fused-ring (bicyclic) bond motifs is 6. The third-order valence-corrected chi connectivity index (χ3v) is 8.06. The Kier molecular flexibility index (Phi) is 5.38. The van der Waals surface area contributed by atoms with Crippen LogP contribution in [0.2, 0.25) is 0 Å². The van der Waals surface area contributed by atoms with Gasteiger partial charge in [-0.1, -0.05) is 143 Å². The van der Waals surface area contributed by atoms with Crippen LogP contribution in [0.25, 0.3) is 65.7 Å². The first-order valence-electron chi connectivity index (χ1n) is 12.6. The van der Waals surface area contributed by atoms with Crippen LogP contribution in [0.5, 0.6) is 0 Å². The Labute approximate surface area is 225 Å². The van der Waals surface area contributed by atoms with E-state index in [-0.39, 0.29) is 0 Å². The Bertz CT molecular complexity index is 1910. The van der Waals surface area contributed by atoms with E-state index >= 15 is 0 Å². The highest BCUT2D eigenvalue weighted by Gasteiger charge is 2.15. The lowest BCUT2D eigenvalue weighted by molar-refractivity contribution is 1.55. The Morgan fingerprint density at radius 3 is 1.24 bits per heavy atom. The van der Waals surface area contributed by atoms with Gasteiger partial charge in [0.2, 0.25) is 0 Å². The van der Waals surface area contributed by atoms with Crippen molar-refractivity contribution < 1.29 is 0 Å². The highest BCUT2D eigenvalue weighted by molar-refractivity contribution is 9.10. The largest absolute Gasteiger partial charge is 0.0616 e. The molecule has 0 aliphatic carbocycles. The lowest BCUT2D eigenvalue weighted by Gasteiger charge is -2.17. The monoisotopic (exact) mass is 534 g/mol. The van der Waals surface area contributed by atoms with Gasteiger partial charge in [-0.3, -0.25) is 0 Å². The van der Waals surface area contributed by atoms with Crippen molar-refractivity contribution in [3.63, 3.8) is 0 Å². The summed E-state index contributed by atoms with van der Waals surface area (Å²) in [6.07, 6.45) is 0. The van der Waals surface area contributed by atoms with Gasteiger partial charge in [-0.15, -0.1) is 0 Å². The molecule has 0 unspecified atom stereocenters. The van der Waals surface area contributed by atoms with Crippen LogP contribution < -0.4 is 0 Å². The molecular weight excluding hydrogens is 512 g/mol. The van der Waals surface area contributed by atoms with Gasteiger partial charge in [0.1, 0.15) is 0 Å². The molecule has 0 nitrogen and oxygen atoms in total. The van der Waals surface area contributed by atoms with Crippen molar-refractivity contribution in [2.75, 3.05) is 0 Å². The van der Waals surface area contributed by atoms with Crippen LogP contribution in [0, 0.1) is 0 Å². The van der Waals surface area contributed by atoms with Crippen molar-refractivity contribution >= 4 is 48.2 Å². The zero-order chi connectivity index (χ0) is 24.8. The van der Waals surface area contributed by atoms with Crippen LogP contribution in [-0.2, 0) is 0 Å². The molecule has 0 fully saturated rings. The SMILES string of the molecule is Brc1ccccc1-c1ccccc1-c1ccccc1-c1ccc2c3ccccc3c3ccccc3c2c1. The second-order valence-electron chi connectivity index (χ2n) is 9.42. The fourth-order valence-corrected chi connectivity index (χ4v) is 6.18. The first-order valence-corrected chi connectivity index (χ1v) is 13.4. The molecule has 0 radical (unpaired) electrons. The molecule has 0 bridgehead atoms. The van der Waals surface area contributed by atoms with E-state index in [0.29, 0.717) is 0 Å². The highest BCUT2D eigenvalue weighted by atomic mass is 79.9. The van der Waals surface area contributed by atoms with Gasteiger partial charge in [0.05, 0.1) is 0 Å². The fourth-order valence-electron chi connectivity index (χ4n) is 5.68. The van der Waals surface area contributed by atoms with Crippen molar-refractivity contribution in [1.29, 1.82) is 0 Å². The zero-order valence-electron chi connectivity index (χ0n) is 20.2. The molecule has 0 spiro atoms. The Hall–Kier alpha value is -4.20. The minimum absolute atomic E-state index is 1.10. The van der Waals surface area contributed by atoms with Gasteiger partial charge in [-0.05, 0) is 77.8 Å². The summed E-state index contributed by atoms with van der Waals surface area (Å²) in [5.41, 5.74) is 7.35. The number of hydrogen-bond donors (Lipinski definition) is 0. The molecule has 37 heavy (non-hydrogen) atoms. The molecule has 0 saturated heterocycles. The fraction of sp³-hybridized carbons (Fsp3) is 0. The van der Waals surface area contributed by atoms with E-state index in [4.69, 9.17) is 0 Å². The lowest BCUT2D eigenvalue weighted by Crippen LogP contribution is -1.90. The summed E-state index contributed by atoms with van der Waals surface area (Å²) >= 11 is 3.77. The van der Waals surface area contributed by atoms with E-state index in [1.54, 1.807) is 0 Å². The van der Waals surface area contributed by atoms with Crippen LogP contribution in [0.15, 0.2) is 144 Å². The molecule has 0 aliphatic rings. The van der Waals surface area contributed by atoms with E-state index in [9.17, 15) is 0 Å². The third kappa shape index (κ3) is 3.66. The molecule has 1 heteroatoms. The van der Waals surface area contributed by atoms with Gasteiger partial charge in [-0.25, -0.2) is 0 Å². The summed E-state index contributed by atoms with van der Waals surface area (Å²) in [5.74, 6) is 0. The molecule has 174 valence electrons. The maximum atomic E-state index is 3.77. The van der Waals surface area contributed by atoms with Crippen molar-refractivity contribution in [2.24, 2.45) is 0 Å². The summed E-state index contributed by atoms with van der Waals surface area (Å²) in [5, 5.41) is 7.79. The average Bonchev–Trinajstić information content (AvgIpc) is 2.97. The van der Waals surface area contributed by atoms with Crippen molar-refractivity contribution in [2.45, 2.75) is 0 Å². The van der Waals surface area contributed by atoms with Gasteiger partial charge >= 0.3 is 0 Å². The molecule has 0 amide bonds. The highest BCUT2D eigenvalue weighted by Crippen LogP contribution is 2.42. The molecule has 7 rings (SSSR count). The average molecular weight is 535 g/mol. The van der Waals surface area contributed by atoms with E-state index in [0.717, 1.165) is 4.47 Å². The van der Waals surface area contributed by atoms with Crippen LogP contribution in [0.1, 0.15) is 0 Å². The van der Waals surface area contributed by atoms with Gasteiger partial charge < -0.3 is 0 Å². The van der Waals surface area contributed by atoms with E-state index in [1.165, 1.54) is 65.7 Å². The number of benzene rings is 7. The molecule has 0 N–H and O–H groups in total. The maximum absolute atomic E-state index is 3.77. The topological polar surface area (TPSA) is 0 Å². The standard InChI is InChI=1S/C36H23Br/c37-36-20-10-9-19-34(36)31-17-7-5-13-27(31)26-12-2-1-11-25(26)24-21-22-33-30-16-4-3-14-28(30)29-15-6-8-18-32(29)35(33)23-24/h1-23H. The van der Waals surface area contributed by atoms with Crippen molar-refractivity contribution in [1.82, 2.24) is 0 Å². The first kappa shape index (κ1) is 22.0. The summed E-state index contributed by atoms with van der Waals surface area (Å²) in [6.45, 7) is 0. The van der Waals surface area contributed by atoms with Crippen molar-refractivity contribution in [3.8, 4) is 33.4 Å². The summed E-state index contributed by atoms with van der Waals surface area (Å²) in [7, 11) is 0. The number of rotatable bonds is 3. The number of hydrogen-bond acceptors (Lipinski definition) is 0. The van der Waals surface area contributed by atoms with E-state index < -0.39 is 0 Å². The molecule has 7 aromatic carbocycles. The normalized spacial score (nSPS) is 11.4. The van der Waals surface area contributed by atoms with Crippen LogP contribution in [0.4, 0.5) is 0 Å². The molecule has 7 aromatic rings. The van der Waals surface area contributed by atoms with E-state index in [1.807, 2.05) is 0 Å². The van der Waals surface area contributed by atoms with Gasteiger partial charge in [0.15, 0.2) is 0 Å². The summed E-state index contributed by atoms with van der Waals surface area (Å²) in [4.78, 5) is 0. The molecule has 0 heterocycles. The predicted octanol–water partition coefficient (Wildman–Crippen LogP) is 10.9. The second-order valence-corrected chi connectivity index (χ2v) is 10.3. The lowest BCUT2D eigenvalue weighted by atomic mass is 9.87. The number of halogens is 1. The zero-order valence-corrected chi connectivity index (χ0v) is 21.7. The minimum atomic E-state index is 1.10. The molecular formula is C36H23Br. The van der Waals surface area contributed by atoms with Gasteiger partial charge in [-0.2, -0.15) is 0 Å². The van der Waals surface area contributed by atoms with Crippen LogP contribution in [-0.4, -0.2) is 0 Å². The Morgan fingerprint density at radius 2 is 0.676 bits per heavy atom. The van der Waals surface area contributed by atoms with Gasteiger partial charge in [0, 0.05) is 4.47 Å². The summed E-state index contributed by atoms with van der Waals surface area (Å²) < 4.78 is 1.10. The molecule has 0 aromatic heterocycles. The van der Waals surface area contributed by atoms with E-state index in [2.05, 4.69) is 155 Å². The Balaban J connectivity index is 1.50. The third-order valence-electron chi connectivity index (χ3n) is 7.36. The van der Waals surface area contributed by atoms with Crippen molar-refractivity contribution in [3.05, 3.63) is 144 Å².